The predicted molar refractivity (Wildman–Crippen MR) is 107 cm³/mol. The number of pyridine rings is 1. The summed E-state index contributed by atoms with van der Waals surface area (Å²) in [7, 11) is -3.12. The zero-order valence-electron chi connectivity index (χ0n) is 15.6. The number of hydrogen-bond acceptors (Lipinski definition) is 5. The molecule has 8 heteroatoms. The molecule has 0 spiro atoms. The van der Waals surface area contributed by atoms with Crippen LogP contribution in [0.3, 0.4) is 0 Å². The molecule has 1 heterocycles. The smallest absolute Gasteiger partial charge is 0.251 e. The Kier molecular flexibility index (Phi) is 6.23. The largest absolute Gasteiger partial charge is 0.439 e. The highest BCUT2D eigenvalue weighted by molar-refractivity contribution is 7.89. The van der Waals surface area contributed by atoms with Gasteiger partial charge in [-0.3, -0.25) is 4.79 Å². The third-order valence-corrected chi connectivity index (χ3v) is 4.77. The minimum Gasteiger partial charge on any atom is -0.439 e. The van der Waals surface area contributed by atoms with Crippen LogP contribution in [0.25, 0.3) is 0 Å². The van der Waals surface area contributed by atoms with Crippen molar-refractivity contribution in [1.29, 1.82) is 0 Å². The van der Waals surface area contributed by atoms with Gasteiger partial charge in [-0.1, -0.05) is 24.3 Å². The van der Waals surface area contributed by atoms with E-state index in [1.165, 1.54) is 12.1 Å². The lowest BCUT2D eigenvalue weighted by molar-refractivity contribution is 0.0951. The number of hydrogen-bond donors (Lipinski definition) is 1. The van der Waals surface area contributed by atoms with Crippen LogP contribution in [-0.4, -0.2) is 25.6 Å². The van der Waals surface area contributed by atoms with Crippen LogP contribution in [0.15, 0.2) is 66.9 Å². The number of nitrogens with zero attached hydrogens (tertiary/aromatic N) is 1. The molecule has 0 fully saturated rings. The number of sulfone groups is 1. The Morgan fingerprint density at radius 2 is 1.79 bits per heavy atom. The van der Waals surface area contributed by atoms with E-state index in [1.807, 2.05) is 0 Å². The second-order valence-electron chi connectivity index (χ2n) is 6.51. The number of carbonyl (C=O) groups is 1. The van der Waals surface area contributed by atoms with Gasteiger partial charge in [0.2, 0.25) is 5.88 Å². The molecule has 29 heavy (non-hydrogen) atoms. The van der Waals surface area contributed by atoms with E-state index in [-0.39, 0.29) is 18.2 Å². The van der Waals surface area contributed by atoms with Crippen LogP contribution in [0.4, 0.5) is 4.39 Å². The topological polar surface area (TPSA) is 85.4 Å². The predicted octanol–water partition coefficient (Wildman–Crippen LogP) is 3.49. The third kappa shape index (κ3) is 6.39. The molecule has 0 radical (unpaired) electrons. The zero-order chi connectivity index (χ0) is 20.9. The Morgan fingerprint density at radius 3 is 2.41 bits per heavy atom. The Morgan fingerprint density at radius 1 is 1.07 bits per heavy atom. The molecule has 0 saturated carbocycles. The normalized spacial score (nSPS) is 11.1. The van der Waals surface area contributed by atoms with Gasteiger partial charge in [0.25, 0.3) is 5.91 Å². The van der Waals surface area contributed by atoms with Gasteiger partial charge in [-0.15, -0.1) is 0 Å². The van der Waals surface area contributed by atoms with Crippen LogP contribution in [0.2, 0.25) is 0 Å². The van der Waals surface area contributed by atoms with E-state index in [2.05, 4.69) is 10.3 Å². The van der Waals surface area contributed by atoms with Crippen molar-refractivity contribution in [2.45, 2.75) is 12.3 Å². The molecule has 0 unspecified atom stereocenters. The molecule has 0 aliphatic heterocycles. The van der Waals surface area contributed by atoms with E-state index < -0.39 is 15.7 Å². The standard InChI is InChI=1S/C21H19FN2O4S/c1-29(26,27)14-15-5-8-17(9-6-15)21(25)24-13-16-7-10-20(23-12-16)28-19-4-2-3-18(22)11-19/h2-12H,13-14H2,1H3,(H,24,25). The summed E-state index contributed by atoms with van der Waals surface area (Å²) in [6.45, 7) is 0.261. The molecule has 1 N–H and O–H groups in total. The fourth-order valence-electron chi connectivity index (χ4n) is 2.57. The second-order valence-corrected chi connectivity index (χ2v) is 8.65. The molecular formula is C21H19FN2O4S. The van der Waals surface area contributed by atoms with Crippen LogP contribution in [-0.2, 0) is 22.1 Å². The number of nitrogens with one attached hydrogen (secondary N) is 1. The van der Waals surface area contributed by atoms with E-state index in [1.54, 1.807) is 54.7 Å². The molecule has 0 aliphatic rings. The highest BCUT2D eigenvalue weighted by Gasteiger charge is 2.08. The molecule has 3 rings (SSSR count). The SMILES string of the molecule is CS(=O)(=O)Cc1ccc(C(=O)NCc2ccc(Oc3cccc(F)c3)nc2)cc1. The lowest BCUT2D eigenvalue weighted by Crippen LogP contribution is -2.22. The minimum absolute atomic E-state index is 0.0649. The van der Waals surface area contributed by atoms with Crippen LogP contribution in [0.1, 0.15) is 21.5 Å². The van der Waals surface area contributed by atoms with Crippen molar-refractivity contribution < 1.29 is 22.3 Å². The van der Waals surface area contributed by atoms with E-state index in [9.17, 15) is 17.6 Å². The van der Waals surface area contributed by atoms with Crippen LogP contribution in [0, 0.1) is 5.82 Å². The van der Waals surface area contributed by atoms with Crippen LogP contribution < -0.4 is 10.1 Å². The molecule has 0 atom stereocenters. The summed E-state index contributed by atoms with van der Waals surface area (Å²) < 4.78 is 41.3. The summed E-state index contributed by atoms with van der Waals surface area (Å²) in [5.74, 6) is -0.0860. The number of rotatable bonds is 7. The van der Waals surface area contributed by atoms with Gasteiger partial charge >= 0.3 is 0 Å². The lowest BCUT2D eigenvalue weighted by atomic mass is 10.1. The average molecular weight is 414 g/mol. The number of benzene rings is 2. The molecule has 0 saturated heterocycles. The van der Waals surface area contributed by atoms with Gasteiger partial charge < -0.3 is 10.1 Å². The fraction of sp³-hybridized carbons (Fsp3) is 0.143. The molecule has 2 aromatic carbocycles. The minimum atomic E-state index is -3.12. The molecule has 0 bridgehead atoms. The first-order chi connectivity index (χ1) is 13.8. The van der Waals surface area contributed by atoms with Gasteiger partial charge in [0.15, 0.2) is 9.84 Å². The number of halogens is 1. The summed E-state index contributed by atoms with van der Waals surface area (Å²) in [6.07, 6.45) is 2.72. The van der Waals surface area contributed by atoms with Gasteiger partial charge in [-0.25, -0.2) is 17.8 Å². The van der Waals surface area contributed by atoms with Gasteiger partial charge in [0.1, 0.15) is 11.6 Å². The summed E-state index contributed by atoms with van der Waals surface area (Å²) in [5, 5.41) is 2.77. The maximum atomic E-state index is 13.2. The highest BCUT2D eigenvalue weighted by Crippen LogP contribution is 2.20. The zero-order valence-corrected chi connectivity index (χ0v) is 16.4. The summed E-state index contributed by atoms with van der Waals surface area (Å²) in [6, 6.07) is 15.5. The molecule has 1 aromatic heterocycles. The van der Waals surface area contributed by atoms with E-state index >= 15 is 0 Å². The number of amides is 1. The molecule has 6 nitrogen and oxygen atoms in total. The van der Waals surface area contributed by atoms with Gasteiger partial charge in [-0.2, -0.15) is 0 Å². The molecule has 1 amide bonds. The van der Waals surface area contributed by atoms with Crippen molar-refractivity contribution in [3.63, 3.8) is 0 Å². The van der Waals surface area contributed by atoms with E-state index in [4.69, 9.17) is 4.74 Å². The maximum absolute atomic E-state index is 13.2. The fourth-order valence-corrected chi connectivity index (χ4v) is 3.36. The number of aromatic nitrogens is 1. The number of ether oxygens (including phenoxy) is 1. The first kappa shape index (κ1) is 20.5. The molecule has 0 aliphatic carbocycles. The first-order valence-corrected chi connectivity index (χ1v) is 10.8. The second kappa shape index (κ2) is 8.83. The Balaban J connectivity index is 1.55. The first-order valence-electron chi connectivity index (χ1n) is 8.72. The average Bonchev–Trinajstić information content (AvgIpc) is 2.66. The summed E-state index contributed by atoms with van der Waals surface area (Å²) in [4.78, 5) is 16.4. The van der Waals surface area contributed by atoms with Gasteiger partial charge in [0.05, 0.1) is 5.75 Å². The van der Waals surface area contributed by atoms with Crippen molar-refractivity contribution in [3.05, 3.63) is 89.4 Å². The molecular weight excluding hydrogens is 395 g/mol. The quantitative estimate of drug-likeness (QED) is 0.640. The molecule has 150 valence electrons. The van der Waals surface area contributed by atoms with Crippen molar-refractivity contribution in [2.24, 2.45) is 0 Å². The number of carbonyl (C=O) groups excluding carboxylic acids is 1. The van der Waals surface area contributed by atoms with Crippen molar-refractivity contribution in [1.82, 2.24) is 10.3 Å². The Bertz CT molecular complexity index is 1100. The van der Waals surface area contributed by atoms with Crippen molar-refractivity contribution in [2.75, 3.05) is 6.26 Å². The van der Waals surface area contributed by atoms with E-state index in [0.29, 0.717) is 22.8 Å². The Labute approximate surface area is 168 Å². The maximum Gasteiger partial charge on any atom is 0.251 e. The molecule has 3 aromatic rings. The highest BCUT2D eigenvalue weighted by atomic mass is 32.2. The monoisotopic (exact) mass is 414 g/mol. The summed E-state index contributed by atoms with van der Waals surface area (Å²) >= 11 is 0. The lowest BCUT2D eigenvalue weighted by Gasteiger charge is -2.08. The van der Waals surface area contributed by atoms with E-state index in [0.717, 1.165) is 11.8 Å². The summed E-state index contributed by atoms with van der Waals surface area (Å²) in [5.41, 5.74) is 1.82. The van der Waals surface area contributed by atoms with Crippen molar-refractivity contribution in [3.8, 4) is 11.6 Å². The van der Waals surface area contributed by atoms with Crippen LogP contribution >= 0.6 is 0 Å². The van der Waals surface area contributed by atoms with Gasteiger partial charge in [-0.05, 0) is 35.4 Å². The third-order valence-electron chi connectivity index (χ3n) is 3.91. The Hall–Kier alpha value is -3.26. The van der Waals surface area contributed by atoms with Gasteiger partial charge in [0, 0.05) is 36.7 Å². The van der Waals surface area contributed by atoms with Crippen LogP contribution in [0.5, 0.6) is 11.6 Å². The van der Waals surface area contributed by atoms with Crippen molar-refractivity contribution >= 4 is 15.7 Å².